The van der Waals surface area contributed by atoms with Crippen LogP contribution < -0.4 is 9.44 Å². The lowest BCUT2D eigenvalue weighted by atomic mass is 10.1. The monoisotopic (exact) mass is 732 g/mol. The molecule has 0 aromatic heterocycles. The fraction of sp³-hybridized carbons (Fsp3) is 0.290. The van der Waals surface area contributed by atoms with E-state index in [0.717, 1.165) is 36.1 Å². The minimum atomic E-state index is -4.45. The summed E-state index contributed by atoms with van der Waals surface area (Å²) in [4.78, 5) is 20.1. The van der Waals surface area contributed by atoms with Gasteiger partial charge in [-0.05, 0) is 29.8 Å². The number of nitro groups is 2. The predicted octanol–water partition coefficient (Wildman–Crippen LogP) is 2.28. The standard InChI is InChI=1S/C31H32N4O13S2/c36-31-23(33-50(43,44)29-13-7-5-11-25(29)35(39)40)16-17-46-27(31)20-47-30-15-14-22(26(48-30)19-45-18-21-8-2-1-3-9-21)32-49(41,42)28-12-6-4-10-24(28)34(37)38/h1-17,22-23,26-27,30-33,36H,18-20H2/t22-,23-,26+,27+,30-,31+/m0/s1. The van der Waals surface area contributed by atoms with E-state index in [-0.39, 0.29) is 19.8 Å². The maximum atomic E-state index is 13.3. The molecule has 0 fully saturated rings. The number of nitrogens with one attached hydrogen (secondary N) is 2. The molecule has 0 amide bonds. The van der Waals surface area contributed by atoms with Gasteiger partial charge in [0.1, 0.15) is 18.3 Å². The average molecular weight is 733 g/mol. The lowest BCUT2D eigenvalue weighted by Crippen LogP contribution is -2.52. The molecule has 266 valence electrons. The fourth-order valence-electron chi connectivity index (χ4n) is 5.11. The number of nitrogens with zero attached hydrogens (tertiary/aromatic N) is 2. The van der Waals surface area contributed by atoms with Gasteiger partial charge in [-0.15, -0.1) is 0 Å². The van der Waals surface area contributed by atoms with Crippen LogP contribution in [0.1, 0.15) is 5.56 Å². The molecule has 5 rings (SSSR count). The number of hydrogen-bond donors (Lipinski definition) is 3. The highest BCUT2D eigenvalue weighted by atomic mass is 32.2. The van der Waals surface area contributed by atoms with Crippen molar-refractivity contribution in [1.29, 1.82) is 0 Å². The number of para-hydroxylation sites is 2. The summed E-state index contributed by atoms with van der Waals surface area (Å²) >= 11 is 0. The topological polar surface area (TPSA) is 236 Å². The van der Waals surface area contributed by atoms with Crippen LogP contribution >= 0.6 is 0 Å². The molecule has 3 aromatic rings. The Balaban J connectivity index is 1.26. The highest BCUT2D eigenvalue weighted by molar-refractivity contribution is 7.90. The molecule has 0 unspecified atom stereocenters. The quantitative estimate of drug-likeness (QED) is 0.116. The van der Waals surface area contributed by atoms with Crippen molar-refractivity contribution in [3.63, 3.8) is 0 Å². The average Bonchev–Trinajstić information content (AvgIpc) is 3.10. The molecule has 0 saturated carbocycles. The van der Waals surface area contributed by atoms with E-state index in [0.29, 0.717) is 0 Å². The summed E-state index contributed by atoms with van der Waals surface area (Å²) in [5.41, 5.74) is -0.412. The van der Waals surface area contributed by atoms with Crippen LogP contribution in [0, 0.1) is 20.2 Å². The summed E-state index contributed by atoms with van der Waals surface area (Å²) in [6.45, 7) is -0.310. The molecule has 0 aliphatic carbocycles. The third kappa shape index (κ3) is 8.94. The molecular formula is C31H32N4O13S2. The third-order valence-corrected chi connectivity index (χ3v) is 10.6. The van der Waals surface area contributed by atoms with E-state index < -0.39 is 87.7 Å². The Morgan fingerprint density at radius 1 is 0.720 bits per heavy atom. The molecule has 3 N–H and O–H groups in total. The second kappa shape index (κ2) is 16.0. The maximum Gasteiger partial charge on any atom is 0.289 e. The lowest BCUT2D eigenvalue weighted by Gasteiger charge is -2.35. The van der Waals surface area contributed by atoms with Crippen molar-refractivity contribution in [2.75, 3.05) is 13.2 Å². The second-order valence-electron chi connectivity index (χ2n) is 11.0. The number of rotatable bonds is 15. The molecule has 0 bridgehead atoms. The van der Waals surface area contributed by atoms with Crippen LogP contribution in [0.2, 0.25) is 0 Å². The van der Waals surface area contributed by atoms with Crippen LogP contribution in [0.5, 0.6) is 0 Å². The summed E-state index contributed by atoms with van der Waals surface area (Å²) < 4.78 is 80.3. The Bertz CT molecular complexity index is 1960. The number of aliphatic hydroxyl groups excluding tert-OH is 1. The summed E-state index contributed by atoms with van der Waals surface area (Å²) in [7, 11) is -8.88. The Morgan fingerprint density at radius 3 is 1.88 bits per heavy atom. The third-order valence-electron chi connectivity index (χ3n) is 7.58. The van der Waals surface area contributed by atoms with Crippen molar-refractivity contribution < 1.29 is 50.7 Å². The van der Waals surface area contributed by atoms with Gasteiger partial charge in [0.25, 0.3) is 11.4 Å². The smallest absolute Gasteiger partial charge is 0.289 e. The molecule has 0 spiro atoms. The van der Waals surface area contributed by atoms with Gasteiger partial charge >= 0.3 is 0 Å². The number of sulfonamides is 2. The van der Waals surface area contributed by atoms with Gasteiger partial charge in [0.2, 0.25) is 20.0 Å². The van der Waals surface area contributed by atoms with Gasteiger partial charge in [0.15, 0.2) is 16.1 Å². The molecule has 50 heavy (non-hydrogen) atoms. The minimum absolute atomic E-state index is 0.135. The molecular weight excluding hydrogens is 700 g/mol. The Morgan fingerprint density at radius 2 is 1.28 bits per heavy atom. The molecule has 0 radical (unpaired) electrons. The minimum Gasteiger partial charge on any atom is -0.493 e. The van der Waals surface area contributed by atoms with Gasteiger partial charge < -0.3 is 24.1 Å². The second-order valence-corrected chi connectivity index (χ2v) is 14.4. The van der Waals surface area contributed by atoms with Crippen molar-refractivity contribution in [2.24, 2.45) is 0 Å². The maximum absolute atomic E-state index is 13.3. The number of ether oxygens (including phenoxy) is 4. The summed E-state index contributed by atoms with van der Waals surface area (Å²) in [6, 6.07) is 16.5. The van der Waals surface area contributed by atoms with Crippen LogP contribution in [0.15, 0.2) is 113 Å². The molecule has 2 heterocycles. The highest BCUT2D eigenvalue weighted by Crippen LogP contribution is 2.27. The lowest BCUT2D eigenvalue weighted by molar-refractivity contribution is -0.388. The van der Waals surface area contributed by atoms with Crippen molar-refractivity contribution in [3.8, 4) is 0 Å². The van der Waals surface area contributed by atoms with Crippen LogP contribution in [-0.4, -0.2) is 81.7 Å². The highest BCUT2D eigenvalue weighted by Gasteiger charge is 2.38. The van der Waals surface area contributed by atoms with Crippen molar-refractivity contribution in [1.82, 2.24) is 9.44 Å². The van der Waals surface area contributed by atoms with Gasteiger partial charge in [-0.3, -0.25) is 20.2 Å². The van der Waals surface area contributed by atoms with Gasteiger partial charge in [0, 0.05) is 12.1 Å². The van der Waals surface area contributed by atoms with Crippen LogP contribution in [0.4, 0.5) is 11.4 Å². The van der Waals surface area contributed by atoms with E-state index >= 15 is 0 Å². The fourth-order valence-corrected chi connectivity index (χ4v) is 7.88. The van der Waals surface area contributed by atoms with Gasteiger partial charge in [-0.2, -0.15) is 0 Å². The van der Waals surface area contributed by atoms with E-state index in [4.69, 9.17) is 18.9 Å². The first kappa shape index (κ1) is 36.7. The molecule has 6 atom stereocenters. The number of aliphatic hydroxyl groups is 1. The number of nitro benzene ring substituents is 2. The van der Waals surface area contributed by atoms with E-state index in [1.807, 2.05) is 30.3 Å². The Kier molecular flexibility index (Phi) is 11.7. The largest absolute Gasteiger partial charge is 0.493 e. The Labute approximate surface area is 286 Å². The SMILES string of the molecule is O=[N+]([O-])c1ccccc1S(=O)(=O)N[C@H]1C=CO[C@H](CO[C@@H]2C=C[C@H](NS(=O)(=O)c3ccccc3[N+](=O)[O-])[C@@H](COCc3ccccc3)O2)[C@@H]1O. The van der Waals surface area contributed by atoms with Crippen LogP contribution in [-0.2, 0) is 45.6 Å². The van der Waals surface area contributed by atoms with Crippen molar-refractivity contribution in [2.45, 2.75) is 53.1 Å². The van der Waals surface area contributed by atoms with Crippen molar-refractivity contribution in [3.05, 3.63) is 129 Å². The van der Waals surface area contributed by atoms with Crippen LogP contribution in [0.25, 0.3) is 0 Å². The predicted molar refractivity (Wildman–Crippen MR) is 174 cm³/mol. The normalized spacial score (nSPS) is 23.6. The first-order valence-electron chi connectivity index (χ1n) is 14.9. The van der Waals surface area contributed by atoms with E-state index in [2.05, 4.69) is 9.44 Å². The Hall–Kier alpha value is -4.60. The zero-order valence-electron chi connectivity index (χ0n) is 26.0. The van der Waals surface area contributed by atoms with E-state index in [1.54, 1.807) is 0 Å². The van der Waals surface area contributed by atoms with Gasteiger partial charge in [-0.1, -0.05) is 60.7 Å². The van der Waals surface area contributed by atoms with Gasteiger partial charge in [0.05, 0.1) is 48.0 Å². The first-order valence-corrected chi connectivity index (χ1v) is 17.9. The van der Waals surface area contributed by atoms with Crippen LogP contribution in [0.3, 0.4) is 0 Å². The van der Waals surface area contributed by atoms with E-state index in [1.165, 1.54) is 42.5 Å². The molecule has 0 saturated heterocycles. The summed E-state index contributed by atoms with van der Waals surface area (Å²) in [5.74, 6) is 0. The number of hydrogen-bond acceptors (Lipinski definition) is 13. The van der Waals surface area contributed by atoms with Gasteiger partial charge in [-0.25, -0.2) is 26.3 Å². The van der Waals surface area contributed by atoms with Crippen molar-refractivity contribution >= 4 is 31.4 Å². The molecule has 2 aliphatic heterocycles. The zero-order chi connectivity index (χ0) is 35.9. The molecule has 17 nitrogen and oxygen atoms in total. The van der Waals surface area contributed by atoms with E-state index in [9.17, 15) is 42.2 Å². The molecule has 19 heteroatoms. The summed E-state index contributed by atoms with van der Waals surface area (Å²) in [5, 5.41) is 33.8. The molecule has 3 aromatic carbocycles. The summed E-state index contributed by atoms with van der Waals surface area (Å²) in [6.07, 6.45) is 0.477. The number of benzene rings is 3. The molecule has 2 aliphatic rings. The zero-order valence-corrected chi connectivity index (χ0v) is 27.6. The first-order chi connectivity index (χ1) is 23.9.